The van der Waals surface area contributed by atoms with Crippen LogP contribution in [0.1, 0.15) is 23.7 Å². The molecular weight excluding hydrogens is 340 g/mol. The van der Waals surface area contributed by atoms with Crippen LogP contribution in [0.4, 0.5) is 0 Å². The van der Waals surface area contributed by atoms with Gasteiger partial charge in [0.25, 0.3) is 0 Å². The van der Waals surface area contributed by atoms with E-state index in [1.54, 1.807) is 22.0 Å². The second-order valence-corrected chi connectivity index (χ2v) is 7.00. The van der Waals surface area contributed by atoms with Crippen molar-refractivity contribution in [3.05, 3.63) is 57.8 Å². The van der Waals surface area contributed by atoms with E-state index >= 15 is 0 Å². The number of carbonyl (C=O) groups excluding carboxylic acids is 1. The normalized spacial score (nSPS) is 17.6. The lowest BCUT2D eigenvalue weighted by molar-refractivity contribution is -0.121. The van der Waals surface area contributed by atoms with Crippen LogP contribution in [-0.4, -0.2) is 19.9 Å². The van der Waals surface area contributed by atoms with E-state index < -0.39 is 5.76 Å². The molecule has 0 aliphatic carbocycles. The highest BCUT2D eigenvalue weighted by Gasteiger charge is 2.29. The second-order valence-electron chi connectivity index (χ2n) is 6.12. The largest absolute Gasteiger partial charge is 0.419 e. The molecule has 3 aromatic heterocycles. The Morgan fingerprint density at radius 1 is 1.32 bits per heavy atom. The number of rotatable bonds is 2. The molecular formula is C17H14N4O3S. The SMILES string of the molecule is O=C1C[C@@H](Cn2c(=O)oc3ccccc32)c2c(nc3sccn23)CN1. The number of nitrogens with zero attached hydrogens (tertiary/aromatic N) is 3. The van der Waals surface area contributed by atoms with Crippen molar-refractivity contribution in [3.8, 4) is 0 Å². The lowest BCUT2D eigenvalue weighted by atomic mass is 10.00. The van der Waals surface area contributed by atoms with Gasteiger partial charge in [-0.05, 0) is 12.1 Å². The quantitative estimate of drug-likeness (QED) is 0.598. The number of aromatic nitrogens is 3. The van der Waals surface area contributed by atoms with E-state index in [-0.39, 0.29) is 11.8 Å². The molecule has 126 valence electrons. The molecule has 25 heavy (non-hydrogen) atoms. The van der Waals surface area contributed by atoms with Crippen molar-refractivity contribution >= 4 is 33.3 Å². The highest BCUT2D eigenvalue weighted by atomic mass is 32.1. The average Bonchev–Trinajstić information content (AvgIpc) is 3.23. The molecule has 1 N–H and O–H groups in total. The molecule has 4 aromatic rings. The first-order valence-electron chi connectivity index (χ1n) is 8.00. The molecule has 0 bridgehead atoms. The number of amides is 1. The van der Waals surface area contributed by atoms with Crippen molar-refractivity contribution in [2.75, 3.05) is 0 Å². The number of thiazole rings is 1. The van der Waals surface area contributed by atoms with Crippen molar-refractivity contribution in [1.82, 2.24) is 19.3 Å². The third-order valence-corrected chi connectivity index (χ3v) is 5.38. The Hall–Kier alpha value is -2.87. The van der Waals surface area contributed by atoms with E-state index in [0.29, 0.717) is 25.1 Å². The van der Waals surface area contributed by atoms with Gasteiger partial charge < -0.3 is 9.73 Å². The van der Waals surface area contributed by atoms with E-state index in [4.69, 9.17) is 4.42 Å². The summed E-state index contributed by atoms with van der Waals surface area (Å²) in [5.74, 6) is -0.591. The van der Waals surface area contributed by atoms with Crippen LogP contribution < -0.4 is 11.1 Å². The molecule has 8 heteroatoms. The zero-order valence-corrected chi connectivity index (χ0v) is 14.0. The number of nitrogens with one attached hydrogen (secondary N) is 1. The van der Waals surface area contributed by atoms with Crippen LogP contribution in [0.5, 0.6) is 0 Å². The zero-order valence-electron chi connectivity index (χ0n) is 13.1. The smallest absolute Gasteiger partial charge is 0.408 e. The fourth-order valence-electron chi connectivity index (χ4n) is 3.54. The summed E-state index contributed by atoms with van der Waals surface area (Å²) in [5.41, 5.74) is 3.15. The molecule has 1 aromatic carbocycles. The number of oxazole rings is 1. The zero-order chi connectivity index (χ0) is 17.0. The van der Waals surface area contributed by atoms with Crippen molar-refractivity contribution in [3.63, 3.8) is 0 Å². The standard InChI is InChI=1S/C17H14N4O3S/c22-14-7-10(9-21-12-3-1-2-4-13(12)24-17(21)23)15-11(8-18-14)19-16-20(15)5-6-25-16/h1-6,10H,7-9H2,(H,18,22)/t10-/m0/s1. The number of imidazole rings is 1. The van der Waals surface area contributed by atoms with Crippen LogP contribution >= 0.6 is 11.3 Å². The number of hydrogen-bond donors (Lipinski definition) is 1. The summed E-state index contributed by atoms with van der Waals surface area (Å²) < 4.78 is 8.96. The van der Waals surface area contributed by atoms with E-state index in [1.807, 2.05) is 34.2 Å². The van der Waals surface area contributed by atoms with Gasteiger partial charge in [0.1, 0.15) is 0 Å². The summed E-state index contributed by atoms with van der Waals surface area (Å²) in [7, 11) is 0. The minimum atomic E-state index is -0.404. The lowest BCUT2D eigenvalue weighted by Crippen LogP contribution is -2.24. The lowest BCUT2D eigenvalue weighted by Gasteiger charge is -2.15. The van der Waals surface area contributed by atoms with E-state index in [2.05, 4.69) is 10.3 Å². The maximum absolute atomic E-state index is 12.3. The summed E-state index contributed by atoms with van der Waals surface area (Å²) in [5, 5.41) is 4.86. The van der Waals surface area contributed by atoms with Crippen LogP contribution in [0.15, 0.2) is 45.1 Å². The molecule has 1 aliphatic heterocycles. The Bertz CT molecular complexity index is 1170. The monoisotopic (exact) mass is 354 g/mol. The van der Waals surface area contributed by atoms with Crippen LogP contribution in [-0.2, 0) is 17.9 Å². The Labute approximate surface area is 145 Å². The number of carbonyl (C=O) groups is 1. The van der Waals surface area contributed by atoms with Gasteiger partial charge >= 0.3 is 5.76 Å². The average molecular weight is 354 g/mol. The van der Waals surface area contributed by atoms with Gasteiger partial charge in [0.2, 0.25) is 5.91 Å². The first kappa shape index (κ1) is 14.5. The van der Waals surface area contributed by atoms with Crippen LogP contribution in [0, 0.1) is 0 Å². The molecule has 1 atom stereocenters. The minimum Gasteiger partial charge on any atom is -0.408 e. The first-order chi connectivity index (χ1) is 12.2. The Morgan fingerprint density at radius 2 is 2.20 bits per heavy atom. The number of hydrogen-bond acceptors (Lipinski definition) is 5. The van der Waals surface area contributed by atoms with Gasteiger partial charge in [-0.3, -0.25) is 13.8 Å². The molecule has 0 saturated carbocycles. The number of para-hydroxylation sites is 2. The van der Waals surface area contributed by atoms with Gasteiger partial charge in [-0.25, -0.2) is 9.78 Å². The molecule has 0 fully saturated rings. The van der Waals surface area contributed by atoms with Crippen LogP contribution in [0.3, 0.4) is 0 Å². The van der Waals surface area contributed by atoms with Gasteiger partial charge in [0.15, 0.2) is 10.5 Å². The second kappa shape index (κ2) is 5.32. The topological polar surface area (TPSA) is 81.5 Å². The molecule has 4 heterocycles. The third-order valence-electron chi connectivity index (χ3n) is 4.62. The summed E-state index contributed by atoms with van der Waals surface area (Å²) in [4.78, 5) is 30.0. The minimum absolute atomic E-state index is 0.0344. The summed E-state index contributed by atoms with van der Waals surface area (Å²) in [6, 6.07) is 7.33. The Balaban J connectivity index is 1.66. The fourth-order valence-corrected chi connectivity index (χ4v) is 4.28. The van der Waals surface area contributed by atoms with Crippen molar-refractivity contribution in [2.24, 2.45) is 0 Å². The fraction of sp³-hybridized carbons (Fsp3) is 0.235. The van der Waals surface area contributed by atoms with Crippen molar-refractivity contribution < 1.29 is 9.21 Å². The van der Waals surface area contributed by atoms with Crippen LogP contribution in [0.2, 0.25) is 0 Å². The summed E-state index contributed by atoms with van der Waals surface area (Å²) >= 11 is 1.56. The maximum atomic E-state index is 12.3. The first-order valence-corrected chi connectivity index (χ1v) is 8.88. The molecule has 5 rings (SSSR count). The number of fused-ring (bicyclic) bond motifs is 4. The van der Waals surface area contributed by atoms with E-state index in [9.17, 15) is 9.59 Å². The molecule has 0 radical (unpaired) electrons. The Morgan fingerprint density at radius 3 is 3.12 bits per heavy atom. The van der Waals surface area contributed by atoms with Crippen LogP contribution in [0.25, 0.3) is 16.1 Å². The molecule has 1 amide bonds. The van der Waals surface area contributed by atoms with Crippen molar-refractivity contribution in [2.45, 2.75) is 25.4 Å². The predicted molar refractivity (Wildman–Crippen MR) is 92.7 cm³/mol. The van der Waals surface area contributed by atoms with Gasteiger partial charge in [0, 0.05) is 30.5 Å². The molecule has 7 nitrogen and oxygen atoms in total. The maximum Gasteiger partial charge on any atom is 0.419 e. The highest BCUT2D eigenvalue weighted by molar-refractivity contribution is 7.15. The van der Waals surface area contributed by atoms with Gasteiger partial charge in [-0.2, -0.15) is 0 Å². The Kier molecular flexibility index (Phi) is 3.08. The summed E-state index contributed by atoms with van der Waals surface area (Å²) in [6.45, 7) is 0.792. The molecule has 0 saturated heterocycles. The summed E-state index contributed by atoms with van der Waals surface area (Å²) in [6.07, 6.45) is 2.27. The number of benzene rings is 1. The van der Waals surface area contributed by atoms with Gasteiger partial charge in [-0.1, -0.05) is 12.1 Å². The molecule has 0 spiro atoms. The van der Waals surface area contributed by atoms with Gasteiger partial charge in [-0.15, -0.1) is 11.3 Å². The predicted octanol–water partition coefficient (Wildman–Crippen LogP) is 2.11. The van der Waals surface area contributed by atoms with Crippen molar-refractivity contribution in [1.29, 1.82) is 0 Å². The molecule has 1 aliphatic rings. The van der Waals surface area contributed by atoms with Gasteiger partial charge in [0.05, 0.1) is 23.4 Å². The van der Waals surface area contributed by atoms with E-state index in [1.165, 1.54) is 0 Å². The molecule has 0 unspecified atom stereocenters. The third kappa shape index (κ3) is 2.21. The van der Waals surface area contributed by atoms with E-state index in [0.717, 1.165) is 21.9 Å². The highest BCUT2D eigenvalue weighted by Crippen LogP contribution is 2.31.